The number of hydrogen-bond acceptors (Lipinski definition) is 5. The predicted octanol–water partition coefficient (Wildman–Crippen LogP) is 4.42. The second-order valence-corrected chi connectivity index (χ2v) is 7.97. The number of amides is 1. The number of aryl methyl sites for hydroxylation is 1. The van der Waals surface area contributed by atoms with Gasteiger partial charge in [-0.2, -0.15) is 5.26 Å². The summed E-state index contributed by atoms with van der Waals surface area (Å²) in [4.78, 5) is 30.7. The van der Waals surface area contributed by atoms with Gasteiger partial charge in [0, 0.05) is 11.1 Å². The molecule has 0 radical (unpaired) electrons. The number of hydrogen-bond donors (Lipinski definition) is 1. The molecule has 1 heterocycles. The lowest BCUT2D eigenvalue weighted by atomic mass is 9.84. The van der Waals surface area contributed by atoms with Gasteiger partial charge in [-0.3, -0.25) is 9.78 Å². The Morgan fingerprint density at radius 1 is 1.19 bits per heavy atom. The SMILES string of the molecule is C[C@@H]1CCc2nc3ccccc3c(C(=O)O[C@H](C)C(=O)Nc3ccccc3C#N)c2C1. The highest BCUT2D eigenvalue weighted by molar-refractivity contribution is 6.06. The Bertz CT molecular complexity index is 1210. The van der Waals surface area contributed by atoms with Gasteiger partial charge in [0.15, 0.2) is 6.10 Å². The Hall–Kier alpha value is -3.72. The number of nitriles is 1. The van der Waals surface area contributed by atoms with E-state index in [0.717, 1.165) is 41.4 Å². The number of benzene rings is 2. The summed E-state index contributed by atoms with van der Waals surface area (Å²) in [6.07, 6.45) is 1.59. The molecule has 156 valence electrons. The summed E-state index contributed by atoms with van der Waals surface area (Å²) >= 11 is 0. The van der Waals surface area contributed by atoms with E-state index in [4.69, 9.17) is 9.72 Å². The number of rotatable bonds is 4. The van der Waals surface area contributed by atoms with Crippen LogP contribution in [0, 0.1) is 17.2 Å². The van der Waals surface area contributed by atoms with E-state index < -0.39 is 18.0 Å². The third kappa shape index (κ3) is 4.13. The lowest BCUT2D eigenvalue weighted by Gasteiger charge is -2.24. The number of ether oxygens (including phenoxy) is 1. The molecule has 31 heavy (non-hydrogen) atoms. The minimum Gasteiger partial charge on any atom is -0.449 e. The molecule has 4 rings (SSSR count). The molecule has 6 nitrogen and oxygen atoms in total. The molecule has 1 N–H and O–H groups in total. The van der Waals surface area contributed by atoms with E-state index in [9.17, 15) is 14.9 Å². The summed E-state index contributed by atoms with van der Waals surface area (Å²) in [5, 5.41) is 12.6. The van der Waals surface area contributed by atoms with Gasteiger partial charge < -0.3 is 10.1 Å². The van der Waals surface area contributed by atoms with E-state index in [1.54, 1.807) is 24.3 Å². The molecule has 3 aromatic rings. The average molecular weight is 413 g/mol. The molecular weight excluding hydrogens is 390 g/mol. The van der Waals surface area contributed by atoms with Crippen molar-refractivity contribution in [3.05, 3.63) is 70.9 Å². The van der Waals surface area contributed by atoms with Gasteiger partial charge >= 0.3 is 5.97 Å². The van der Waals surface area contributed by atoms with Crippen molar-refractivity contribution < 1.29 is 14.3 Å². The van der Waals surface area contributed by atoms with E-state index in [1.807, 2.05) is 30.3 Å². The van der Waals surface area contributed by atoms with Gasteiger partial charge in [-0.25, -0.2) is 4.79 Å². The zero-order valence-electron chi connectivity index (χ0n) is 17.5. The number of para-hydroxylation sites is 2. The lowest BCUT2D eigenvalue weighted by molar-refractivity contribution is -0.123. The van der Waals surface area contributed by atoms with Gasteiger partial charge in [0.1, 0.15) is 6.07 Å². The number of pyridine rings is 1. The number of nitrogens with one attached hydrogen (secondary N) is 1. The van der Waals surface area contributed by atoms with Crippen LogP contribution >= 0.6 is 0 Å². The Balaban J connectivity index is 1.62. The largest absolute Gasteiger partial charge is 0.449 e. The molecule has 0 unspecified atom stereocenters. The molecule has 0 aliphatic heterocycles. The predicted molar refractivity (Wildman–Crippen MR) is 118 cm³/mol. The topological polar surface area (TPSA) is 92.1 Å². The third-order valence-corrected chi connectivity index (χ3v) is 5.67. The monoisotopic (exact) mass is 413 g/mol. The maximum atomic E-state index is 13.2. The highest BCUT2D eigenvalue weighted by Crippen LogP contribution is 2.32. The molecule has 1 aliphatic carbocycles. The Morgan fingerprint density at radius 3 is 2.74 bits per heavy atom. The molecule has 1 aromatic heterocycles. The number of esters is 1. The minimum absolute atomic E-state index is 0.345. The Labute approximate surface area is 180 Å². The summed E-state index contributed by atoms with van der Waals surface area (Å²) in [6, 6.07) is 16.3. The molecular formula is C25H23N3O3. The van der Waals surface area contributed by atoms with Crippen LogP contribution in [0.1, 0.15) is 47.4 Å². The van der Waals surface area contributed by atoms with Crippen LogP contribution in [0.15, 0.2) is 48.5 Å². The number of carbonyl (C=O) groups is 2. The minimum atomic E-state index is -1.03. The number of anilines is 1. The van der Waals surface area contributed by atoms with E-state index in [-0.39, 0.29) is 0 Å². The van der Waals surface area contributed by atoms with Gasteiger partial charge in [0.2, 0.25) is 0 Å². The standard InChI is InChI=1S/C25H23N3O3/c1-15-11-12-22-19(13-15)23(18-8-4-6-10-21(18)27-22)25(30)31-16(2)24(29)28-20-9-5-3-7-17(20)14-26/h3-10,15-16H,11-13H2,1-2H3,(H,28,29)/t15-,16-/m1/s1. The van der Waals surface area contributed by atoms with E-state index >= 15 is 0 Å². The molecule has 6 heteroatoms. The number of fused-ring (bicyclic) bond motifs is 2. The molecule has 0 saturated carbocycles. The number of nitrogens with zero attached hydrogens (tertiary/aromatic N) is 2. The van der Waals surface area contributed by atoms with Gasteiger partial charge in [0.25, 0.3) is 5.91 Å². The van der Waals surface area contributed by atoms with Crippen molar-refractivity contribution in [1.29, 1.82) is 5.26 Å². The lowest BCUT2D eigenvalue weighted by Crippen LogP contribution is -2.31. The molecule has 0 spiro atoms. The van der Waals surface area contributed by atoms with Crippen molar-refractivity contribution in [2.75, 3.05) is 5.32 Å². The fourth-order valence-electron chi connectivity index (χ4n) is 3.99. The summed E-state index contributed by atoms with van der Waals surface area (Å²) in [6.45, 7) is 3.69. The van der Waals surface area contributed by atoms with E-state index in [1.165, 1.54) is 6.92 Å². The van der Waals surface area contributed by atoms with Crippen molar-refractivity contribution >= 4 is 28.5 Å². The quantitative estimate of drug-likeness (QED) is 0.640. The van der Waals surface area contributed by atoms with Crippen LogP contribution in [0.2, 0.25) is 0 Å². The first-order valence-corrected chi connectivity index (χ1v) is 10.4. The molecule has 0 fully saturated rings. The van der Waals surface area contributed by atoms with Crippen LogP contribution in [-0.2, 0) is 22.4 Å². The van der Waals surface area contributed by atoms with Gasteiger partial charge in [-0.15, -0.1) is 0 Å². The van der Waals surface area contributed by atoms with Crippen LogP contribution in [0.25, 0.3) is 10.9 Å². The van der Waals surface area contributed by atoms with Crippen molar-refractivity contribution in [2.24, 2.45) is 5.92 Å². The molecule has 0 bridgehead atoms. The van der Waals surface area contributed by atoms with Crippen LogP contribution in [0.3, 0.4) is 0 Å². The van der Waals surface area contributed by atoms with Crippen molar-refractivity contribution in [3.63, 3.8) is 0 Å². The average Bonchev–Trinajstić information content (AvgIpc) is 2.77. The van der Waals surface area contributed by atoms with Gasteiger partial charge in [-0.05, 0) is 55.9 Å². The number of carbonyl (C=O) groups excluding carboxylic acids is 2. The summed E-state index contributed by atoms with van der Waals surface area (Å²) in [7, 11) is 0. The first kappa shape index (κ1) is 20.5. The van der Waals surface area contributed by atoms with E-state index in [2.05, 4.69) is 12.2 Å². The van der Waals surface area contributed by atoms with Crippen molar-refractivity contribution in [3.8, 4) is 6.07 Å². The highest BCUT2D eigenvalue weighted by atomic mass is 16.5. The second-order valence-electron chi connectivity index (χ2n) is 7.97. The first-order valence-electron chi connectivity index (χ1n) is 10.4. The van der Waals surface area contributed by atoms with Crippen LogP contribution in [-0.4, -0.2) is 23.0 Å². The Morgan fingerprint density at radius 2 is 1.94 bits per heavy atom. The van der Waals surface area contributed by atoms with Crippen molar-refractivity contribution in [1.82, 2.24) is 4.98 Å². The van der Waals surface area contributed by atoms with Gasteiger partial charge in [-0.1, -0.05) is 37.3 Å². The van der Waals surface area contributed by atoms with Crippen LogP contribution < -0.4 is 5.32 Å². The maximum Gasteiger partial charge on any atom is 0.339 e. The Kier molecular flexibility index (Phi) is 5.68. The van der Waals surface area contributed by atoms with Crippen LogP contribution in [0.4, 0.5) is 5.69 Å². The summed E-state index contributed by atoms with van der Waals surface area (Å²) in [5.41, 5.74) is 3.84. The van der Waals surface area contributed by atoms with E-state index in [0.29, 0.717) is 22.7 Å². The third-order valence-electron chi connectivity index (χ3n) is 5.67. The first-order chi connectivity index (χ1) is 15.0. The zero-order valence-corrected chi connectivity index (χ0v) is 17.5. The second kappa shape index (κ2) is 8.57. The molecule has 2 aromatic carbocycles. The van der Waals surface area contributed by atoms with Gasteiger partial charge in [0.05, 0.1) is 22.3 Å². The molecule has 2 atom stereocenters. The highest BCUT2D eigenvalue weighted by Gasteiger charge is 2.28. The molecule has 0 saturated heterocycles. The fourth-order valence-corrected chi connectivity index (χ4v) is 3.99. The molecule has 1 amide bonds. The summed E-state index contributed by atoms with van der Waals surface area (Å²) < 4.78 is 5.59. The summed E-state index contributed by atoms with van der Waals surface area (Å²) in [5.74, 6) is -0.568. The molecule has 1 aliphatic rings. The number of aromatic nitrogens is 1. The maximum absolute atomic E-state index is 13.2. The van der Waals surface area contributed by atoms with Crippen molar-refractivity contribution in [2.45, 2.75) is 39.2 Å². The smallest absolute Gasteiger partial charge is 0.339 e. The fraction of sp³-hybridized carbons (Fsp3) is 0.280. The normalized spacial score (nSPS) is 16.1. The zero-order chi connectivity index (χ0) is 22.0. The van der Waals surface area contributed by atoms with Crippen LogP contribution in [0.5, 0.6) is 0 Å².